The van der Waals surface area contributed by atoms with Crippen LogP contribution in [0.1, 0.15) is 29.5 Å². The van der Waals surface area contributed by atoms with Crippen molar-refractivity contribution >= 4 is 21.6 Å². The van der Waals surface area contributed by atoms with E-state index in [1.807, 2.05) is 61.5 Å². The van der Waals surface area contributed by atoms with E-state index in [2.05, 4.69) is 43.3 Å². The monoisotopic (exact) mass is 620 g/mol. The summed E-state index contributed by atoms with van der Waals surface area (Å²) in [6.07, 6.45) is 1.68. The molecule has 0 radical (unpaired) electrons. The molecule has 0 unspecified atom stereocenters. The standard InChI is InChI=1S/C37H36N2O5S/c1-23-18-28(21-33(41-5)25(23)3)30-22-34(44-39-30)26-12-15-32(40-4)35(20-26)43-17-9-8-16-42-31-14-13-27(19-24(31)2)37-38-29-10-6-7-11-36(29)45-37/h6-7,10-15,18-22H,8-9,16-17H2,1-5H3. The number of para-hydroxylation sites is 1. The van der Waals surface area contributed by atoms with Gasteiger partial charge >= 0.3 is 0 Å². The summed E-state index contributed by atoms with van der Waals surface area (Å²) in [6.45, 7) is 7.31. The van der Waals surface area contributed by atoms with Gasteiger partial charge in [0.05, 0.1) is 37.6 Å². The Bertz CT molecular complexity index is 1910. The van der Waals surface area contributed by atoms with Gasteiger partial charge in [0, 0.05) is 22.8 Å². The molecular formula is C37H36N2O5S. The molecule has 45 heavy (non-hydrogen) atoms. The molecule has 7 nitrogen and oxygen atoms in total. The number of hydrogen-bond donors (Lipinski definition) is 0. The van der Waals surface area contributed by atoms with E-state index in [1.165, 1.54) is 4.70 Å². The zero-order valence-corrected chi connectivity index (χ0v) is 27.0. The number of thiazole rings is 1. The first-order chi connectivity index (χ1) is 21.9. The summed E-state index contributed by atoms with van der Waals surface area (Å²) < 4.78 is 30.3. The Labute approximate surface area is 267 Å². The van der Waals surface area contributed by atoms with Gasteiger partial charge in [0.25, 0.3) is 0 Å². The van der Waals surface area contributed by atoms with Crippen molar-refractivity contribution in [2.24, 2.45) is 0 Å². The van der Waals surface area contributed by atoms with Crippen LogP contribution >= 0.6 is 11.3 Å². The first-order valence-corrected chi connectivity index (χ1v) is 15.8. The Hall–Kier alpha value is -4.82. The van der Waals surface area contributed by atoms with Gasteiger partial charge in [-0.3, -0.25) is 0 Å². The minimum absolute atomic E-state index is 0.531. The van der Waals surface area contributed by atoms with E-state index >= 15 is 0 Å². The molecule has 0 bridgehead atoms. The first kappa shape index (κ1) is 30.2. The molecule has 0 saturated carbocycles. The Morgan fingerprint density at radius 1 is 0.667 bits per heavy atom. The fourth-order valence-corrected chi connectivity index (χ4v) is 6.15. The van der Waals surface area contributed by atoms with Crippen molar-refractivity contribution in [3.05, 3.63) is 95.6 Å². The molecule has 0 N–H and O–H groups in total. The van der Waals surface area contributed by atoms with Crippen molar-refractivity contribution in [1.29, 1.82) is 0 Å². The molecule has 0 saturated heterocycles. The topological polar surface area (TPSA) is 75.8 Å². The lowest BCUT2D eigenvalue weighted by Gasteiger charge is -2.12. The van der Waals surface area contributed by atoms with Crippen LogP contribution in [0.4, 0.5) is 0 Å². The van der Waals surface area contributed by atoms with Crippen LogP contribution < -0.4 is 18.9 Å². The molecular weight excluding hydrogens is 584 g/mol. The lowest BCUT2D eigenvalue weighted by molar-refractivity contribution is 0.258. The Morgan fingerprint density at radius 2 is 1.36 bits per heavy atom. The van der Waals surface area contributed by atoms with Crippen molar-refractivity contribution in [2.45, 2.75) is 33.6 Å². The summed E-state index contributed by atoms with van der Waals surface area (Å²) in [6, 6.07) is 26.2. The van der Waals surface area contributed by atoms with Crippen LogP contribution in [-0.4, -0.2) is 37.6 Å². The number of hydrogen-bond acceptors (Lipinski definition) is 8. The van der Waals surface area contributed by atoms with Crippen LogP contribution in [-0.2, 0) is 0 Å². The van der Waals surface area contributed by atoms with E-state index < -0.39 is 0 Å². The zero-order chi connectivity index (χ0) is 31.3. The Morgan fingerprint density at radius 3 is 2.11 bits per heavy atom. The van der Waals surface area contributed by atoms with Crippen molar-refractivity contribution < 1.29 is 23.5 Å². The average molecular weight is 621 g/mol. The average Bonchev–Trinajstić information content (AvgIpc) is 3.73. The summed E-state index contributed by atoms with van der Waals surface area (Å²) >= 11 is 1.71. The number of aryl methyl sites for hydroxylation is 2. The van der Waals surface area contributed by atoms with Crippen LogP contribution in [0.5, 0.6) is 23.0 Å². The molecule has 230 valence electrons. The molecule has 0 amide bonds. The second-order valence-corrected chi connectivity index (χ2v) is 12.0. The third-order valence-corrected chi connectivity index (χ3v) is 8.95. The van der Waals surface area contributed by atoms with Crippen LogP contribution in [0.25, 0.3) is 43.4 Å². The highest BCUT2D eigenvalue weighted by atomic mass is 32.1. The summed E-state index contributed by atoms with van der Waals surface area (Å²) in [5, 5.41) is 5.34. The number of rotatable bonds is 12. The van der Waals surface area contributed by atoms with Gasteiger partial charge < -0.3 is 23.5 Å². The molecule has 0 atom stereocenters. The number of methoxy groups -OCH3 is 2. The van der Waals surface area contributed by atoms with Crippen LogP contribution in [0.15, 0.2) is 83.4 Å². The van der Waals surface area contributed by atoms with E-state index in [9.17, 15) is 0 Å². The van der Waals surface area contributed by atoms with Gasteiger partial charge in [0.2, 0.25) is 0 Å². The smallest absolute Gasteiger partial charge is 0.167 e. The van der Waals surface area contributed by atoms with E-state index in [-0.39, 0.29) is 0 Å². The van der Waals surface area contributed by atoms with E-state index in [4.69, 9.17) is 28.5 Å². The van der Waals surface area contributed by atoms with Crippen molar-refractivity contribution in [2.75, 3.05) is 27.4 Å². The number of benzene rings is 4. The van der Waals surface area contributed by atoms with E-state index in [0.29, 0.717) is 30.5 Å². The first-order valence-electron chi connectivity index (χ1n) is 15.0. The molecule has 2 heterocycles. The lowest BCUT2D eigenvalue weighted by atomic mass is 10.0. The fourth-order valence-electron chi connectivity index (χ4n) is 5.19. The summed E-state index contributed by atoms with van der Waals surface area (Å²) in [7, 11) is 3.32. The maximum atomic E-state index is 6.14. The molecule has 0 spiro atoms. The SMILES string of the molecule is COc1ccc(-c2cc(-c3cc(C)c(C)c(OC)c3)no2)cc1OCCCCOc1ccc(-c2nc3ccccc3s2)cc1C. The van der Waals surface area contributed by atoms with Gasteiger partial charge in [0.15, 0.2) is 17.3 Å². The summed E-state index contributed by atoms with van der Waals surface area (Å²) in [5.41, 5.74) is 8.02. The second kappa shape index (κ2) is 13.4. The van der Waals surface area contributed by atoms with E-state index in [0.717, 1.165) is 73.9 Å². The van der Waals surface area contributed by atoms with Gasteiger partial charge in [-0.2, -0.15) is 0 Å². The maximum Gasteiger partial charge on any atom is 0.167 e. The number of ether oxygens (including phenoxy) is 4. The third kappa shape index (κ3) is 6.66. The molecule has 0 fully saturated rings. The molecule has 2 aromatic heterocycles. The van der Waals surface area contributed by atoms with Crippen LogP contribution in [0, 0.1) is 20.8 Å². The zero-order valence-electron chi connectivity index (χ0n) is 26.2. The third-order valence-electron chi connectivity index (χ3n) is 7.86. The van der Waals surface area contributed by atoms with Gasteiger partial charge in [-0.25, -0.2) is 4.98 Å². The molecule has 0 aliphatic carbocycles. The maximum absolute atomic E-state index is 6.14. The van der Waals surface area contributed by atoms with Gasteiger partial charge in [-0.15, -0.1) is 11.3 Å². The second-order valence-electron chi connectivity index (χ2n) is 10.9. The Kier molecular flexibility index (Phi) is 9.03. The lowest BCUT2D eigenvalue weighted by Crippen LogP contribution is -2.04. The number of aromatic nitrogens is 2. The van der Waals surface area contributed by atoms with Crippen molar-refractivity contribution in [3.63, 3.8) is 0 Å². The summed E-state index contributed by atoms with van der Waals surface area (Å²) in [5.74, 6) is 3.68. The summed E-state index contributed by atoms with van der Waals surface area (Å²) in [4.78, 5) is 4.78. The van der Waals surface area contributed by atoms with Gasteiger partial charge in [-0.1, -0.05) is 17.3 Å². The minimum atomic E-state index is 0.531. The molecule has 8 heteroatoms. The molecule has 0 aliphatic rings. The fraction of sp³-hybridized carbons (Fsp3) is 0.243. The highest BCUT2D eigenvalue weighted by molar-refractivity contribution is 7.21. The molecule has 6 aromatic rings. The van der Waals surface area contributed by atoms with Gasteiger partial charge in [-0.05, 0) is 111 Å². The van der Waals surface area contributed by atoms with Crippen molar-refractivity contribution in [1.82, 2.24) is 10.1 Å². The van der Waals surface area contributed by atoms with Crippen molar-refractivity contribution in [3.8, 4) is 56.2 Å². The normalized spacial score (nSPS) is 11.1. The molecule has 0 aliphatic heterocycles. The predicted octanol–water partition coefficient (Wildman–Crippen LogP) is 9.47. The van der Waals surface area contributed by atoms with Crippen LogP contribution in [0.3, 0.4) is 0 Å². The quantitative estimate of drug-likeness (QED) is 0.126. The number of fused-ring (bicyclic) bond motifs is 1. The molecule has 6 rings (SSSR count). The van der Waals surface area contributed by atoms with E-state index in [1.54, 1.807) is 25.6 Å². The predicted molar refractivity (Wildman–Crippen MR) is 180 cm³/mol. The highest BCUT2D eigenvalue weighted by Crippen LogP contribution is 2.36. The number of nitrogens with zero attached hydrogens (tertiary/aromatic N) is 2. The van der Waals surface area contributed by atoms with Gasteiger partial charge in [0.1, 0.15) is 22.2 Å². The molecule has 4 aromatic carbocycles. The Balaban J connectivity index is 1.03. The minimum Gasteiger partial charge on any atom is -0.496 e. The largest absolute Gasteiger partial charge is 0.496 e. The highest BCUT2D eigenvalue weighted by Gasteiger charge is 2.15. The van der Waals surface area contributed by atoms with Crippen LogP contribution in [0.2, 0.25) is 0 Å². The number of unbranched alkanes of at least 4 members (excludes halogenated alkanes) is 1.